The summed E-state index contributed by atoms with van der Waals surface area (Å²) in [7, 11) is 0. The lowest BCUT2D eigenvalue weighted by Gasteiger charge is -2.27. The van der Waals surface area contributed by atoms with E-state index >= 15 is 0 Å². The number of piperidine rings is 1. The molecule has 0 atom stereocenters. The van der Waals surface area contributed by atoms with Gasteiger partial charge < -0.3 is 4.90 Å². The molecule has 0 bridgehead atoms. The molecule has 1 aliphatic rings. The van der Waals surface area contributed by atoms with Gasteiger partial charge in [0.15, 0.2) is 0 Å². The van der Waals surface area contributed by atoms with E-state index < -0.39 is 0 Å². The highest BCUT2D eigenvalue weighted by molar-refractivity contribution is 14.1. The molecule has 98 valence electrons. The Morgan fingerprint density at radius 1 is 1.39 bits per heavy atom. The average molecular weight is 361 g/mol. The Hall–Kier alpha value is -0.920. The smallest absolute Gasteiger partial charge is 0.267 e. The molecule has 0 saturated carbocycles. The van der Waals surface area contributed by atoms with E-state index in [0.717, 1.165) is 25.9 Å². The molecule has 0 aromatic carbocycles. The zero-order valence-corrected chi connectivity index (χ0v) is 12.5. The summed E-state index contributed by atoms with van der Waals surface area (Å²) in [4.78, 5) is 30.0. The first-order valence-electron chi connectivity index (χ1n) is 6.09. The number of rotatable bonds is 2. The SMILES string of the molecule is Cc1ncc(I)c(=O)n1CC(=O)N1CCCCC1. The molecule has 18 heavy (non-hydrogen) atoms. The lowest BCUT2D eigenvalue weighted by atomic mass is 10.1. The summed E-state index contributed by atoms with van der Waals surface area (Å²) >= 11 is 1.95. The fourth-order valence-corrected chi connectivity index (χ4v) is 2.55. The first-order chi connectivity index (χ1) is 8.59. The normalized spacial score (nSPS) is 15.8. The van der Waals surface area contributed by atoms with Gasteiger partial charge in [0.2, 0.25) is 5.91 Å². The Morgan fingerprint density at radius 2 is 2.06 bits per heavy atom. The summed E-state index contributed by atoms with van der Waals surface area (Å²) < 4.78 is 2.00. The van der Waals surface area contributed by atoms with Crippen LogP contribution in [0.4, 0.5) is 0 Å². The standard InChI is InChI=1S/C12H16IN3O2/c1-9-14-7-10(13)12(18)16(9)8-11(17)15-5-3-2-4-6-15/h7H,2-6,8H2,1H3. The second kappa shape index (κ2) is 5.81. The molecule has 0 N–H and O–H groups in total. The van der Waals surface area contributed by atoms with Gasteiger partial charge in [-0.05, 0) is 48.8 Å². The molecule has 2 rings (SSSR count). The quantitative estimate of drug-likeness (QED) is 0.744. The molecule has 0 unspecified atom stereocenters. The maximum atomic E-state index is 12.1. The van der Waals surface area contributed by atoms with Gasteiger partial charge in [-0.3, -0.25) is 14.2 Å². The molecule has 1 amide bonds. The molecular formula is C12H16IN3O2. The number of halogens is 1. The molecule has 1 aromatic rings. The third kappa shape index (κ3) is 2.90. The maximum Gasteiger partial charge on any atom is 0.267 e. The predicted octanol–water partition coefficient (Wildman–Crippen LogP) is 1.17. The first-order valence-corrected chi connectivity index (χ1v) is 7.17. The highest BCUT2D eigenvalue weighted by Crippen LogP contribution is 2.09. The second-order valence-electron chi connectivity index (χ2n) is 4.49. The van der Waals surface area contributed by atoms with Crippen molar-refractivity contribution in [2.24, 2.45) is 0 Å². The lowest BCUT2D eigenvalue weighted by Crippen LogP contribution is -2.40. The Morgan fingerprint density at radius 3 is 2.72 bits per heavy atom. The van der Waals surface area contributed by atoms with Crippen LogP contribution in [0.2, 0.25) is 0 Å². The van der Waals surface area contributed by atoms with E-state index in [1.165, 1.54) is 11.0 Å². The summed E-state index contributed by atoms with van der Waals surface area (Å²) in [6.45, 7) is 3.48. The van der Waals surface area contributed by atoms with Gasteiger partial charge in [0.1, 0.15) is 12.4 Å². The number of aryl methyl sites for hydroxylation is 1. The van der Waals surface area contributed by atoms with Crippen molar-refractivity contribution in [3.63, 3.8) is 0 Å². The lowest BCUT2D eigenvalue weighted by molar-refractivity contribution is -0.132. The minimum absolute atomic E-state index is 0.0173. The molecule has 1 aliphatic heterocycles. The molecule has 0 aliphatic carbocycles. The van der Waals surface area contributed by atoms with Gasteiger partial charge in [-0.1, -0.05) is 0 Å². The minimum atomic E-state index is -0.131. The molecule has 1 saturated heterocycles. The van der Waals surface area contributed by atoms with Gasteiger partial charge in [-0.25, -0.2) is 4.98 Å². The number of amides is 1. The van der Waals surface area contributed by atoms with Crippen molar-refractivity contribution in [3.8, 4) is 0 Å². The van der Waals surface area contributed by atoms with E-state index in [0.29, 0.717) is 9.39 Å². The molecule has 6 heteroatoms. The van der Waals surface area contributed by atoms with Crippen LogP contribution in [0.25, 0.3) is 0 Å². The van der Waals surface area contributed by atoms with Crippen molar-refractivity contribution in [3.05, 3.63) is 25.9 Å². The van der Waals surface area contributed by atoms with Gasteiger partial charge in [0.05, 0.1) is 3.57 Å². The van der Waals surface area contributed by atoms with E-state index in [1.54, 1.807) is 13.1 Å². The molecule has 2 heterocycles. The van der Waals surface area contributed by atoms with Crippen LogP contribution in [-0.4, -0.2) is 33.4 Å². The zero-order valence-electron chi connectivity index (χ0n) is 10.4. The Kier molecular flexibility index (Phi) is 4.36. The van der Waals surface area contributed by atoms with Crippen LogP contribution in [0.1, 0.15) is 25.1 Å². The Bertz CT molecular complexity index is 507. The van der Waals surface area contributed by atoms with Gasteiger partial charge in [-0.2, -0.15) is 0 Å². The highest BCUT2D eigenvalue weighted by atomic mass is 127. The zero-order chi connectivity index (χ0) is 13.1. The van der Waals surface area contributed by atoms with Crippen molar-refractivity contribution in [1.82, 2.24) is 14.5 Å². The summed E-state index contributed by atoms with van der Waals surface area (Å²) in [5.74, 6) is 0.606. The molecule has 1 aromatic heterocycles. The van der Waals surface area contributed by atoms with Gasteiger partial charge in [-0.15, -0.1) is 0 Å². The van der Waals surface area contributed by atoms with Gasteiger partial charge in [0, 0.05) is 19.3 Å². The fraction of sp³-hybridized carbons (Fsp3) is 0.583. The summed E-state index contributed by atoms with van der Waals surface area (Å²) in [6, 6.07) is 0. The minimum Gasteiger partial charge on any atom is -0.341 e. The first kappa shape index (κ1) is 13.5. The average Bonchev–Trinajstić information content (AvgIpc) is 2.40. The van der Waals surface area contributed by atoms with Gasteiger partial charge in [0.25, 0.3) is 5.56 Å². The van der Waals surface area contributed by atoms with Crippen molar-refractivity contribution < 1.29 is 4.79 Å². The van der Waals surface area contributed by atoms with Crippen LogP contribution in [0.15, 0.2) is 11.0 Å². The molecule has 5 nitrogen and oxygen atoms in total. The van der Waals surface area contributed by atoms with Crippen molar-refractivity contribution in [2.45, 2.75) is 32.7 Å². The second-order valence-corrected chi connectivity index (χ2v) is 5.65. The Balaban J connectivity index is 2.16. The topological polar surface area (TPSA) is 55.2 Å². The van der Waals surface area contributed by atoms with Gasteiger partial charge >= 0.3 is 0 Å². The molecule has 0 radical (unpaired) electrons. The number of hydrogen-bond donors (Lipinski definition) is 0. The van der Waals surface area contributed by atoms with Crippen molar-refractivity contribution >= 4 is 28.5 Å². The van der Waals surface area contributed by atoms with Crippen LogP contribution in [-0.2, 0) is 11.3 Å². The highest BCUT2D eigenvalue weighted by Gasteiger charge is 2.18. The monoisotopic (exact) mass is 361 g/mol. The molecule has 1 fully saturated rings. The maximum absolute atomic E-state index is 12.1. The van der Waals surface area contributed by atoms with Crippen molar-refractivity contribution in [1.29, 1.82) is 0 Å². The van der Waals surface area contributed by atoms with Crippen molar-refractivity contribution in [2.75, 3.05) is 13.1 Å². The summed E-state index contributed by atoms with van der Waals surface area (Å²) in [5.41, 5.74) is -0.131. The van der Waals surface area contributed by atoms with E-state index in [1.807, 2.05) is 27.5 Å². The Labute approximate surface area is 119 Å². The number of likely N-dealkylation sites (tertiary alicyclic amines) is 1. The number of carbonyl (C=O) groups is 1. The van der Waals surface area contributed by atoms with Crippen LogP contribution in [0.3, 0.4) is 0 Å². The third-order valence-electron chi connectivity index (χ3n) is 3.21. The van der Waals surface area contributed by atoms with E-state index in [4.69, 9.17) is 0 Å². The molecule has 0 spiro atoms. The fourth-order valence-electron chi connectivity index (χ4n) is 2.12. The number of carbonyl (C=O) groups excluding carboxylic acids is 1. The number of hydrogen-bond acceptors (Lipinski definition) is 3. The van der Waals surface area contributed by atoms with Crippen LogP contribution < -0.4 is 5.56 Å². The number of nitrogens with zero attached hydrogens (tertiary/aromatic N) is 3. The van der Waals surface area contributed by atoms with Crippen LogP contribution >= 0.6 is 22.6 Å². The largest absolute Gasteiger partial charge is 0.341 e. The summed E-state index contributed by atoms with van der Waals surface area (Å²) in [5, 5.41) is 0. The molecular weight excluding hydrogens is 345 g/mol. The van der Waals surface area contributed by atoms with E-state index in [9.17, 15) is 9.59 Å². The predicted molar refractivity (Wildman–Crippen MR) is 76.4 cm³/mol. The third-order valence-corrected chi connectivity index (χ3v) is 3.95. The number of aromatic nitrogens is 2. The van der Waals surface area contributed by atoms with Crippen LogP contribution in [0.5, 0.6) is 0 Å². The van der Waals surface area contributed by atoms with Crippen LogP contribution in [0, 0.1) is 10.5 Å². The summed E-state index contributed by atoms with van der Waals surface area (Å²) in [6.07, 6.45) is 4.85. The van der Waals surface area contributed by atoms with E-state index in [-0.39, 0.29) is 18.0 Å². The van der Waals surface area contributed by atoms with E-state index in [2.05, 4.69) is 4.98 Å².